The molecule has 0 aromatic heterocycles. The van der Waals surface area contributed by atoms with Gasteiger partial charge in [0, 0.05) is 16.5 Å². The van der Waals surface area contributed by atoms with E-state index in [0.29, 0.717) is 10.6 Å². The number of allylic oxidation sites excluding steroid dienone is 2. The summed E-state index contributed by atoms with van der Waals surface area (Å²) < 4.78 is 17.9. The van der Waals surface area contributed by atoms with E-state index in [-0.39, 0.29) is 21.8 Å². The highest BCUT2D eigenvalue weighted by Crippen LogP contribution is 2.32. The maximum absolute atomic E-state index is 12.7. The predicted molar refractivity (Wildman–Crippen MR) is 87.3 cm³/mol. The zero-order valence-electron chi connectivity index (χ0n) is 12.7. The van der Waals surface area contributed by atoms with Crippen LogP contribution >= 0.6 is 0 Å². The highest BCUT2D eigenvalue weighted by atomic mass is 32.2. The zero-order chi connectivity index (χ0) is 16.6. The number of aryl methyl sites for hydroxylation is 1. The highest BCUT2D eigenvalue weighted by Gasteiger charge is 2.32. The smallest absolute Gasteiger partial charge is 0.206 e. The Morgan fingerprint density at radius 3 is 2.35 bits per heavy atom. The van der Waals surface area contributed by atoms with Crippen molar-refractivity contribution in [1.82, 2.24) is 0 Å². The number of benzene rings is 2. The molecule has 4 nitrogen and oxygen atoms in total. The number of ketones is 2. The molecule has 23 heavy (non-hydrogen) atoms. The molecule has 0 saturated heterocycles. The first kappa shape index (κ1) is 15.4. The van der Waals surface area contributed by atoms with Crippen LogP contribution in [0.4, 0.5) is 0 Å². The van der Waals surface area contributed by atoms with E-state index in [0.717, 1.165) is 5.56 Å². The lowest BCUT2D eigenvalue weighted by Crippen LogP contribution is -2.20. The van der Waals surface area contributed by atoms with Crippen molar-refractivity contribution in [3.05, 3.63) is 70.1 Å². The molecule has 0 amide bonds. The molecule has 0 heterocycles. The zero-order valence-corrected chi connectivity index (χ0v) is 13.5. The van der Waals surface area contributed by atoms with E-state index < -0.39 is 16.6 Å². The fourth-order valence-corrected chi connectivity index (χ4v) is 3.57. The number of hydrogen-bond acceptors (Lipinski definition) is 4. The lowest BCUT2D eigenvalue weighted by Gasteiger charge is -2.17. The third-order valence-corrected chi connectivity index (χ3v) is 5.06. The van der Waals surface area contributed by atoms with Crippen LogP contribution in [-0.2, 0) is 10.8 Å². The van der Waals surface area contributed by atoms with Gasteiger partial charge in [-0.15, -0.1) is 0 Å². The van der Waals surface area contributed by atoms with Crippen LogP contribution in [0.3, 0.4) is 0 Å². The second-order valence-electron chi connectivity index (χ2n) is 5.17. The molecule has 0 N–H and O–H groups in total. The lowest BCUT2D eigenvalue weighted by molar-refractivity contribution is 0.0988. The van der Waals surface area contributed by atoms with E-state index in [1.807, 2.05) is 19.1 Å². The van der Waals surface area contributed by atoms with Gasteiger partial charge in [-0.05, 0) is 25.1 Å². The van der Waals surface area contributed by atoms with Crippen molar-refractivity contribution in [3.8, 4) is 5.75 Å². The van der Waals surface area contributed by atoms with Gasteiger partial charge in [0.05, 0.1) is 28.4 Å². The van der Waals surface area contributed by atoms with Gasteiger partial charge >= 0.3 is 0 Å². The average molecular weight is 326 g/mol. The van der Waals surface area contributed by atoms with Crippen molar-refractivity contribution in [3.63, 3.8) is 0 Å². The Morgan fingerprint density at radius 1 is 1.00 bits per heavy atom. The molecule has 116 valence electrons. The molecule has 1 aliphatic carbocycles. The van der Waals surface area contributed by atoms with Crippen LogP contribution in [0.15, 0.2) is 58.3 Å². The molecule has 0 aliphatic heterocycles. The number of rotatable bonds is 3. The third kappa shape index (κ3) is 2.64. The molecule has 0 spiro atoms. The van der Waals surface area contributed by atoms with Gasteiger partial charge in [-0.1, -0.05) is 29.8 Å². The summed E-state index contributed by atoms with van der Waals surface area (Å²) in [7, 11) is -0.278. The predicted octanol–water partition coefficient (Wildman–Crippen LogP) is 3.07. The van der Waals surface area contributed by atoms with E-state index in [4.69, 9.17) is 4.74 Å². The summed E-state index contributed by atoms with van der Waals surface area (Å²) in [5.41, 5.74) is 1.48. The number of hydrogen-bond donors (Lipinski definition) is 0. The fraction of sp³-hybridized carbons (Fsp3) is 0.111. The minimum Gasteiger partial charge on any atom is -0.496 e. The van der Waals surface area contributed by atoms with Gasteiger partial charge in [0.25, 0.3) is 0 Å². The van der Waals surface area contributed by atoms with Crippen LogP contribution in [0, 0.1) is 6.92 Å². The van der Waals surface area contributed by atoms with Crippen molar-refractivity contribution < 1.29 is 18.5 Å². The van der Waals surface area contributed by atoms with E-state index in [2.05, 4.69) is 0 Å². The Hall–Kier alpha value is -2.53. The molecule has 3 rings (SSSR count). The van der Waals surface area contributed by atoms with Gasteiger partial charge in [0.2, 0.25) is 5.78 Å². The normalized spacial score (nSPS) is 15.0. The Balaban J connectivity index is 2.08. The van der Waals surface area contributed by atoms with Crippen LogP contribution in [0.1, 0.15) is 26.3 Å². The first-order chi connectivity index (χ1) is 11.0. The molecule has 0 fully saturated rings. The summed E-state index contributed by atoms with van der Waals surface area (Å²) in [5.74, 6) is -0.461. The monoisotopic (exact) mass is 326 g/mol. The number of ether oxygens (including phenoxy) is 1. The summed E-state index contributed by atoms with van der Waals surface area (Å²) in [6, 6.07) is 11.9. The molecule has 2 aromatic carbocycles. The van der Waals surface area contributed by atoms with E-state index in [1.54, 1.807) is 30.3 Å². The number of carbonyl (C=O) groups excluding carboxylic acids is 2. The summed E-state index contributed by atoms with van der Waals surface area (Å²) in [6.45, 7) is 1.92. The average Bonchev–Trinajstić information content (AvgIpc) is 2.57. The van der Waals surface area contributed by atoms with E-state index >= 15 is 0 Å². The first-order valence-corrected chi connectivity index (χ1v) is 8.14. The molecule has 1 unspecified atom stereocenters. The summed E-state index contributed by atoms with van der Waals surface area (Å²) in [5, 5.41) is 0. The molecular formula is C18H14O4S. The topological polar surface area (TPSA) is 60.4 Å². The van der Waals surface area contributed by atoms with Crippen LogP contribution in [0.2, 0.25) is 0 Å². The molecule has 1 aliphatic rings. The largest absolute Gasteiger partial charge is 0.496 e. The maximum atomic E-state index is 12.7. The minimum absolute atomic E-state index is 0.0177. The van der Waals surface area contributed by atoms with E-state index in [1.165, 1.54) is 13.2 Å². The fourth-order valence-electron chi connectivity index (χ4n) is 2.45. The molecule has 5 heteroatoms. The van der Waals surface area contributed by atoms with Gasteiger partial charge in [0.15, 0.2) is 5.78 Å². The van der Waals surface area contributed by atoms with E-state index in [9.17, 15) is 13.8 Å². The van der Waals surface area contributed by atoms with Crippen LogP contribution < -0.4 is 4.74 Å². The van der Waals surface area contributed by atoms with Gasteiger partial charge in [-0.3, -0.25) is 9.59 Å². The van der Waals surface area contributed by atoms with Crippen molar-refractivity contribution >= 4 is 22.4 Å². The number of Topliss-reactive ketones (excluding diaryl/α,β-unsaturated/α-hetero) is 1. The Labute approximate surface area is 136 Å². The quantitative estimate of drug-likeness (QED) is 0.870. The Kier molecular flexibility index (Phi) is 3.96. The minimum atomic E-state index is -1.71. The SMILES string of the molecule is COc1cccc2c1C(=O)C(S(=O)c1ccc(C)cc1)=CC2=O. The Morgan fingerprint density at radius 2 is 1.70 bits per heavy atom. The second kappa shape index (κ2) is 5.93. The molecule has 0 radical (unpaired) electrons. The summed E-state index contributed by atoms with van der Waals surface area (Å²) in [6.07, 6.45) is 1.17. The van der Waals surface area contributed by atoms with Gasteiger partial charge in [-0.25, -0.2) is 4.21 Å². The van der Waals surface area contributed by atoms with Crippen molar-refractivity contribution in [2.45, 2.75) is 11.8 Å². The van der Waals surface area contributed by atoms with Gasteiger partial charge < -0.3 is 4.74 Å². The molecule has 1 atom stereocenters. The third-order valence-electron chi connectivity index (χ3n) is 3.66. The van der Waals surface area contributed by atoms with Crippen LogP contribution in [0.5, 0.6) is 5.75 Å². The Bertz CT molecular complexity index is 863. The van der Waals surface area contributed by atoms with Gasteiger partial charge in [0.1, 0.15) is 5.75 Å². The number of carbonyl (C=O) groups is 2. The van der Waals surface area contributed by atoms with Crippen molar-refractivity contribution in [2.24, 2.45) is 0 Å². The molecule has 2 aromatic rings. The number of methoxy groups -OCH3 is 1. The molecule has 0 saturated carbocycles. The van der Waals surface area contributed by atoms with Gasteiger partial charge in [-0.2, -0.15) is 0 Å². The maximum Gasteiger partial charge on any atom is 0.206 e. The van der Waals surface area contributed by atoms with Crippen LogP contribution in [0.25, 0.3) is 0 Å². The standard InChI is InChI=1S/C18H14O4S/c1-11-6-8-12(9-7-11)23(21)16-10-14(19)13-4-3-5-15(22-2)17(13)18(16)20/h3-10H,1-2H3. The van der Waals surface area contributed by atoms with Crippen LogP contribution in [-0.4, -0.2) is 22.9 Å². The lowest BCUT2D eigenvalue weighted by atomic mass is 9.94. The first-order valence-electron chi connectivity index (χ1n) is 6.99. The summed E-state index contributed by atoms with van der Waals surface area (Å²) >= 11 is 0. The molecular weight excluding hydrogens is 312 g/mol. The molecule has 0 bridgehead atoms. The highest BCUT2D eigenvalue weighted by molar-refractivity contribution is 7.90. The second-order valence-corrected chi connectivity index (χ2v) is 6.62. The summed E-state index contributed by atoms with van der Waals surface area (Å²) in [4.78, 5) is 25.5. The van der Waals surface area contributed by atoms with Crippen molar-refractivity contribution in [1.29, 1.82) is 0 Å². The number of fused-ring (bicyclic) bond motifs is 1. The van der Waals surface area contributed by atoms with Crippen molar-refractivity contribution in [2.75, 3.05) is 7.11 Å².